The molecule has 2 aromatic rings. The van der Waals surface area contributed by atoms with Crippen LogP contribution in [0.3, 0.4) is 0 Å². The van der Waals surface area contributed by atoms with Crippen molar-refractivity contribution < 1.29 is 9.21 Å². The molecule has 0 saturated carbocycles. The number of furan rings is 1. The minimum absolute atomic E-state index is 0.0354. The summed E-state index contributed by atoms with van der Waals surface area (Å²) in [7, 11) is 0. The summed E-state index contributed by atoms with van der Waals surface area (Å²) >= 11 is 0. The number of carbonyl (C=O) groups excluding carboxylic acids is 1. The molecule has 2 saturated heterocycles. The number of likely N-dealkylation sites (tertiary alicyclic amines) is 1. The van der Waals surface area contributed by atoms with Gasteiger partial charge in [0, 0.05) is 31.6 Å². The van der Waals surface area contributed by atoms with Crippen molar-refractivity contribution in [2.45, 2.75) is 6.92 Å². The molecule has 104 valence electrons. The van der Waals surface area contributed by atoms with E-state index in [1.165, 1.54) is 5.56 Å². The van der Waals surface area contributed by atoms with Gasteiger partial charge in [-0.05, 0) is 37.0 Å². The van der Waals surface area contributed by atoms with E-state index in [1.54, 1.807) is 0 Å². The number of rotatable bonds is 1. The Hall–Kier alpha value is -1.81. The van der Waals surface area contributed by atoms with Crippen LogP contribution in [0.15, 0.2) is 28.7 Å². The van der Waals surface area contributed by atoms with Gasteiger partial charge in [-0.1, -0.05) is 11.6 Å². The highest BCUT2D eigenvalue weighted by Gasteiger charge is 2.38. The third-order valence-electron chi connectivity index (χ3n) is 4.56. The zero-order valence-corrected chi connectivity index (χ0v) is 11.6. The molecule has 1 N–H and O–H groups in total. The number of fused-ring (bicyclic) bond motifs is 2. The quantitative estimate of drug-likeness (QED) is 0.862. The molecule has 0 aliphatic carbocycles. The molecule has 2 aliphatic heterocycles. The lowest BCUT2D eigenvalue weighted by molar-refractivity contribution is 0.0752. The second-order valence-corrected chi connectivity index (χ2v) is 6.04. The molecule has 2 fully saturated rings. The number of amides is 1. The van der Waals surface area contributed by atoms with Gasteiger partial charge in [-0.3, -0.25) is 4.79 Å². The Balaban J connectivity index is 1.61. The van der Waals surface area contributed by atoms with E-state index in [2.05, 4.69) is 11.4 Å². The molecule has 20 heavy (non-hydrogen) atoms. The Bertz CT molecular complexity index is 664. The fourth-order valence-electron chi connectivity index (χ4n) is 3.45. The zero-order valence-electron chi connectivity index (χ0n) is 11.6. The van der Waals surface area contributed by atoms with Crippen LogP contribution in [0.4, 0.5) is 0 Å². The summed E-state index contributed by atoms with van der Waals surface area (Å²) in [6.07, 6.45) is 0. The molecule has 3 heterocycles. The van der Waals surface area contributed by atoms with Crippen LogP contribution < -0.4 is 5.32 Å². The minimum atomic E-state index is 0.0354. The molecule has 0 unspecified atom stereocenters. The molecule has 2 atom stereocenters. The summed E-state index contributed by atoms with van der Waals surface area (Å²) in [5.41, 5.74) is 1.97. The molecule has 4 rings (SSSR count). The molecule has 4 nitrogen and oxygen atoms in total. The van der Waals surface area contributed by atoms with Gasteiger partial charge >= 0.3 is 0 Å². The van der Waals surface area contributed by atoms with Crippen LogP contribution in [0.25, 0.3) is 11.0 Å². The van der Waals surface area contributed by atoms with Crippen molar-refractivity contribution in [2.75, 3.05) is 26.2 Å². The van der Waals surface area contributed by atoms with Crippen molar-refractivity contribution in [3.63, 3.8) is 0 Å². The van der Waals surface area contributed by atoms with Gasteiger partial charge in [0.05, 0.1) is 0 Å². The Kier molecular flexibility index (Phi) is 2.60. The molecule has 1 aromatic carbocycles. The molecular formula is C16H18N2O2. The maximum Gasteiger partial charge on any atom is 0.289 e. The monoisotopic (exact) mass is 270 g/mol. The van der Waals surface area contributed by atoms with Crippen molar-refractivity contribution in [1.82, 2.24) is 10.2 Å². The van der Waals surface area contributed by atoms with Crippen molar-refractivity contribution in [2.24, 2.45) is 11.8 Å². The van der Waals surface area contributed by atoms with E-state index < -0.39 is 0 Å². The Labute approximate surface area is 117 Å². The van der Waals surface area contributed by atoms with Gasteiger partial charge in [0.2, 0.25) is 0 Å². The predicted octanol–water partition coefficient (Wildman–Crippen LogP) is 2.03. The number of carbonyl (C=O) groups is 1. The van der Waals surface area contributed by atoms with Crippen molar-refractivity contribution in [3.05, 3.63) is 35.6 Å². The first kappa shape index (κ1) is 12.0. The van der Waals surface area contributed by atoms with Gasteiger partial charge in [0.15, 0.2) is 5.76 Å². The Morgan fingerprint density at radius 1 is 1.25 bits per heavy atom. The summed E-state index contributed by atoms with van der Waals surface area (Å²) in [6, 6.07) is 7.87. The number of nitrogens with zero attached hydrogens (tertiary/aromatic N) is 1. The minimum Gasteiger partial charge on any atom is -0.451 e. The summed E-state index contributed by atoms with van der Waals surface area (Å²) in [5.74, 6) is 1.74. The van der Waals surface area contributed by atoms with Gasteiger partial charge in [0.25, 0.3) is 5.91 Å². The number of benzene rings is 1. The first-order chi connectivity index (χ1) is 9.70. The van der Waals surface area contributed by atoms with Crippen LogP contribution >= 0.6 is 0 Å². The van der Waals surface area contributed by atoms with Gasteiger partial charge < -0.3 is 14.6 Å². The highest BCUT2D eigenvalue weighted by atomic mass is 16.3. The van der Waals surface area contributed by atoms with Crippen molar-refractivity contribution in [3.8, 4) is 0 Å². The SMILES string of the molecule is Cc1ccc2oc(C(=O)N3C[C@H]4CNC[C@H]4C3)cc2c1. The molecular weight excluding hydrogens is 252 g/mol. The highest BCUT2D eigenvalue weighted by molar-refractivity contribution is 5.96. The van der Waals surface area contributed by atoms with E-state index in [1.807, 2.05) is 30.0 Å². The van der Waals surface area contributed by atoms with E-state index in [-0.39, 0.29) is 5.91 Å². The standard InChI is InChI=1S/C16H18N2O2/c1-10-2-3-14-11(4-10)5-15(20-14)16(19)18-8-12-6-17-7-13(12)9-18/h2-5,12-13,17H,6-9H2,1H3/t12-,13+. The first-order valence-electron chi connectivity index (χ1n) is 7.21. The van der Waals surface area contributed by atoms with E-state index >= 15 is 0 Å². The van der Waals surface area contributed by atoms with Crippen LogP contribution in [0.1, 0.15) is 16.1 Å². The topological polar surface area (TPSA) is 45.5 Å². The number of hydrogen-bond donors (Lipinski definition) is 1. The van der Waals surface area contributed by atoms with Crippen molar-refractivity contribution in [1.29, 1.82) is 0 Å². The van der Waals surface area contributed by atoms with Gasteiger partial charge in [-0.15, -0.1) is 0 Å². The van der Waals surface area contributed by atoms with Crippen molar-refractivity contribution >= 4 is 16.9 Å². The third kappa shape index (κ3) is 1.83. The van der Waals surface area contributed by atoms with E-state index in [9.17, 15) is 4.79 Å². The summed E-state index contributed by atoms with van der Waals surface area (Å²) in [6.45, 7) is 5.82. The van der Waals surface area contributed by atoms with E-state index in [0.29, 0.717) is 17.6 Å². The lowest BCUT2D eigenvalue weighted by atomic mass is 10.0. The molecule has 1 aromatic heterocycles. The maximum atomic E-state index is 12.5. The van der Waals surface area contributed by atoms with Crippen LogP contribution in [-0.2, 0) is 0 Å². The second-order valence-electron chi connectivity index (χ2n) is 6.04. The van der Waals surface area contributed by atoms with Crippen LogP contribution in [-0.4, -0.2) is 37.0 Å². The molecule has 2 aliphatic rings. The summed E-state index contributed by atoms with van der Waals surface area (Å²) in [5, 5.41) is 4.40. The first-order valence-corrected chi connectivity index (χ1v) is 7.21. The Morgan fingerprint density at radius 2 is 2.00 bits per heavy atom. The smallest absolute Gasteiger partial charge is 0.289 e. The largest absolute Gasteiger partial charge is 0.451 e. The fraction of sp³-hybridized carbons (Fsp3) is 0.438. The van der Waals surface area contributed by atoms with Crippen LogP contribution in [0.2, 0.25) is 0 Å². The van der Waals surface area contributed by atoms with E-state index in [0.717, 1.165) is 37.1 Å². The lowest BCUT2D eigenvalue weighted by Gasteiger charge is -2.15. The normalized spacial score (nSPS) is 25.4. The maximum absolute atomic E-state index is 12.5. The number of nitrogens with one attached hydrogen (secondary N) is 1. The molecule has 0 spiro atoms. The lowest BCUT2D eigenvalue weighted by Crippen LogP contribution is -2.31. The second kappa shape index (κ2) is 4.35. The predicted molar refractivity (Wildman–Crippen MR) is 76.7 cm³/mol. The van der Waals surface area contributed by atoms with Crippen LogP contribution in [0.5, 0.6) is 0 Å². The number of aryl methyl sites for hydroxylation is 1. The highest BCUT2D eigenvalue weighted by Crippen LogP contribution is 2.29. The Morgan fingerprint density at radius 3 is 2.75 bits per heavy atom. The average Bonchev–Trinajstić information content (AvgIpc) is 3.10. The van der Waals surface area contributed by atoms with Gasteiger partial charge in [-0.25, -0.2) is 0 Å². The van der Waals surface area contributed by atoms with E-state index in [4.69, 9.17) is 4.42 Å². The zero-order chi connectivity index (χ0) is 13.7. The molecule has 4 heteroatoms. The summed E-state index contributed by atoms with van der Waals surface area (Å²) in [4.78, 5) is 14.5. The summed E-state index contributed by atoms with van der Waals surface area (Å²) < 4.78 is 5.71. The molecule has 1 amide bonds. The van der Waals surface area contributed by atoms with Crippen LogP contribution in [0, 0.1) is 18.8 Å². The van der Waals surface area contributed by atoms with Gasteiger partial charge in [-0.2, -0.15) is 0 Å². The molecule has 0 bridgehead atoms. The third-order valence-corrected chi connectivity index (χ3v) is 4.56. The number of hydrogen-bond acceptors (Lipinski definition) is 3. The molecule has 0 radical (unpaired) electrons. The van der Waals surface area contributed by atoms with Gasteiger partial charge in [0.1, 0.15) is 5.58 Å². The fourth-order valence-corrected chi connectivity index (χ4v) is 3.45. The average molecular weight is 270 g/mol.